The standard InChI is InChI=1S/C80H80O8/c1-13-41-81-73-53(9)74(82-42-14-2)62-49-61(73)69(57-33-25-21-26-34-57)63-50-64(76(84-44-16-4)54(10)75(63)83-43-15-3)71(59-37-29-23-30-38-59)67-52-68(80(88-48-20-8)56(12)79(67)87-47-19-7)72(60-39-31-24-32-40-60)66-51-65(70(62)58-35-27-22-28-36-58)77(85-45-17-5)55(11)78(66)86-46-18-6/h13-40,49-52,69-72H,1-8,41-48H2,9-12H3. The van der Waals surface area contributed by atoms with Crippen LogP contribution in [0.25, 0.3) is 0 Å². The summed E-state index contributed by atoms with van der Waals surface area (Å²) in [6, 6.07) is 51.1. The van der Waals surface area contributed by atoms with Crippen LogP contribution in [0.2, 0.25) is 0 Å². The van der Waals surface area contributed by atoms with Gasteiger partial charge in [-0.3, -0.25) is 0 Å². The third-order valence-corrected chi connectivity index (χ3v) is 15.9. The minimum absolute atomic E-state index is 0.197. The van der Waals surface area contributed by atoms with E-state index in [1.165, 1.54) is 0 Å². The first-order valence-corrected chi connectivity index (χ1v) is 29.9. The average molecular weight is 1170 g/mol. The minimum Gasteiger partial charge on any atom is -0.489 e. The molecule has 0 N–H and O–H groups in total. The fraction of sp³-hybridized carbons (Fsp3) is 0.200. The Hall–Kier alpha value is -9.92. The zero-order chi connectivity index (χ0) is 62.1. The van der Waals surface area contributed by atoms with Crippen LogP contribution in [0.4, 0.5) is 0 Å². The smallest absolute Gasteiger partial charge is 0.130 e. The van der Waals surface area contributed by atoms with Crippen LogP contribution < -0.4 is 37.9 Å². The molecule has 9 rings (SSSR count). The molecule has 0 atom stereocenters. The molecule has 0 saturated carbocycles. The molecule has 0 aliphatic heterocycles. The molecule has 8 heteroatoms. The van der Waals surface area contributed by atoms with E-state index in [1.54, 1.807) is 48.6 Å². The lowest BCUT2D eigenvalue weighted by Crippen LogP contribution is -2.19. The molecule has 88 heavy (non-hydrogen) atoms. The van der Waals surface area contributed by atoms with Crippen molar-refractivity contribution in [2.24, 2.45) is 0 Å². The van der Waals surface area contributed by atoms with Crippen LogP contribution in [0.5, 0.6) is 46.0 Å². The number of hydrogen-bond acceptors (Lipinski definition) is 8. The minimum atomic E-state index is -0.590. The summed E-state index contributed by atoms with van der Waals surface area (Å²) in [5.41, 5.74) is 13.7. The zero-order valence-electron chi connectivity index (χ0n) is 51.4. The number of hydrogen-bond donors (Lipinski definition) is 0. The maximum absolute atomic E-state index is 7.08. The fourth-order valence-corrected chi connectivity index (χ4v) is 12.4. The van der Waals surface area contributed by atoms with Crippen molar-refractivity contribution in [3.05, 3.63) is 336 Å². The molecule has 0 unspecified atom stereocenters. The van der Waals surface area contributed by atoms with Crippen molar-refractivity contribution >= 4 is 0 Å². The third-order valence-electron chi connectivity index (χ3n) is 15.9. The van der Waals surface area contributed by atoms with E-state index >= 15 is 0 Å². The largest absolute Gasteiger partial charge is 0.489 e. The van der Waals surface area contributed by atoms with Gasteiger partial charge in [0.15, 0.2) is 0 Å². The second-order valence-corrected chi connectivity index (χ2v) is 21.5. The van der Waals surface area contributed by atoms with Gasteiger partial charge in [-0.25, -0.2) is 0 Å². The molecule has 8 nitrogen and oxygen atoms in total. The Balaban J connectivity index is 1.66. The van der Waals surface area contributed by atoms with Crippen molar-refractivity contribution in [1.29, 1.82) is 0 Å². The van der Waals surface area contributed by atoms with E-state index in [0.29, 0.717) is 46.0 Å². The summed E-state index contributed by atoms with van der Waals surface area (Å²) in [4.78, 5) is 0. The predicted octanol–water partition coefficient (Wildman–Crippen LogP) is 18.5. The second-order valence-electron chi connectivity index (χ2n) is 21.5. The van der Waals surface area contributed by atoms with Gasteiger partial charge in [0.2, 0.25) is 0 Å². The first-order valence-electron chi connectivity index (χ1n) is 29.9. The van der Waals surface area contributed by atoms with Gasteiger partial charge in [0.1, 0.15) is 98.9 Å². The highest BCUT2D eigenvalue weighted by atomic mass is 16.5. The van der Waals surface area contributed by atoms with Gasteiger partial charge >= 0.3 is 0 Å². The number of fused-ring (bicyclic) bond motifs is 8. The lowest BCUT2D eigenvalue weighted by atomic mass is 9.73. The van der Waals surface area contributed by atoms with Crippen LogP contribution in [0, 0.1) is 27.7 Å². The molecule has 1 aliphatic rings. The maximum Gasteiger partial charge on any atom is 0.130 e. The summed E-state index contributed by atoms with van der Waals surface area (Å²) in [5.74, 6) is 2.62. The SMILES string of the molecule is C=CCOc1c2cc(c(OCC=C)c1C)C(c1ccccc1)c1cc(c(OCC=C)c(C)c1OCC=C)C(c1ccccc1)c1cc(c(OCC=C)c(C)c1OCC=C)C(c1ccccc1)c1cc(c(OCC=C)c(C)c1OCC=C)C2c1ccccc1. The Bertz CT molecular complexity index is 3150. The second kappa shape index (κ2) is 29.9. The Labute approximate surface area is 521 Å². The third kappa shape index (κ3) is 12.9. The van der Waals surface area contributed by atoms with E-state index in [2.05, 4.69) is 202 Å². The van der Waals surface area contributed by atoms with E-state index in [1.807, 2.05) is 24.3 Å². The van der Waals surface area contributed by atoms with Gasteiger partial charge in [-0.05, 0) is 74.2 Å². The van der Waals surface area contributed by atoms with Crippen LogP contribution in [-0.2, 0) is 0 Å². The summed E-state index contributed by atoms with van der Waals surface area (Å²) >= 11 is 0. The molecular formula is C80H80O8. The van der Waals surface area contributed by atoms with Crippen molar-refractivity contribution in [1.82, 2.24) is 0 Å². The molecule has 1 aliphatic carbocycles. The van der Waals surface area contributed by atoms with Crippen molar-refractivity contribution < 1.29 is 37.9 Å². The van der Waals surface area contributed by atoms with E-state index < -0.39 is 23.7 Å². The molecule has 448 valence electrons. The highest BCUT2D eigenvalue weighted by Crippen LogP contribution is 2.58. The van der Waals surface area contributed by atoms with E-state index in [4.69, 9.17) is 37.9 Å². The topological polar surface area (TPSA) is 73.8 Å². The van der Waals surface area contributed by atoms with Crippen LogP contribution in [0.15, 0.2) is 247 Å². The van der Waals surface area contributed by atoms with Crippen LogP contribution in [0.3, 0.4) is 0 Å². The first kappa shape index (κ1) is 62.6. The fourth-order valence-electron chi connectivity index (χ4n) is 12.4. The van der Waals surface area contributed by atoms with Gasteiger partial charge in [-0.2, -0.15) is 0 Å². The van der Waals surface area contributed by atoms with Crippen molar-refractivity contribution in [2.75, 3.05) is 52.9 Å². The highest BCUT2D eigenvalue weighted by molar-refractivity contribution is 5.72. The number of ether oxygens (including phenoxy) is 8. The summed E-state index contributed by atoms with van der Waals surface area (Å²) in [5, 5.41) is 0. The zero-order valence-corrected chi connectivity index (χ0v) is 51.4. The Kier molecular flexibility index (Phi) is 21.3. The molecule has 0 amide bonds. The van der Waals surface area contributed by atoms with Crippen molar-refractivity contribution in [3.63, 3.8) is 0 Å². The summed E-state index contributed by atoms with van der Waals surface area (Å²) in [6.45, 7) is 43.1. The van der Waals surface area contributed by atoms with E-state index in [-0.39, 0.29) is 52.9 Å². The average Bonchev–Trinajstić information content (AvgIpc) is 1.21. The Morgan fingerprint density at radius 3 is 0.500 bits per heavy atom. The summed E-state index contributed by atoms with van der Waals surface area (Å²) in [7, 11) is 0. The number of rotatable bonds is 28. The molecule has 8 aromatic carbocycles. The Morgan fingerprint density at radius 2 is 0.375 bits per heavy atom. The van der Waals surface area contributed by atoms with Crippen LogP contribution >= 0.6 is 0 Å². The lowest BCUT2D eigenvalue weighted by Gasteiger charge is -2.34. The monoisotopic (exact) mass is 1170 g/mol. The van der Waals surface area contributed by atoms with Gasteiger partial charge in [-0.15, -0.1) is 0 Å². The molecule has 0 spiro atoms. The van der Waals surface area contributed by atoms with Gasteiger partial charge in [-0.1, -0.05) is 223 Å². The molecule has 0 radical (unpaired) electrons. The molecular weight excluding hydrogens is 1090 g/mol. The molecule has 0 aromatic heterocycles. The van der Waals surface area contributed by atoms with Gasteiger partial charge in [0.25, 0.3) is 0 Å². The maximum atomic E-state index is 7.08. The summed E-state index contributed by atoms with van der Waals surface area (Å²) in [6.07, 6.45) is 14.1. The molecule has 0 fully saturated rings. The highest BCUT2D eigenvalue weighted by Gasteiger charge is 2.40. The van der Waals surface area contributed by atoms with Gasteiger partial charge < -0.3 is 37.9 Å². The van der Waals surface area contributed by atoms with Crippen LogP contribution in [0.1, 0.15) is 113 Å². The lowest BCUT2D eigenvalue weighted by molar-refractivity contribution is 0.328. The molecule has 8 aromatic rings. The van der Waals surface area contributed by atoms with Gasteiger partial charge in [0.05, 0.1) is 0 Å². The summed E-state index contributed by atoms with van der Waals surface area (Å²) < 4.78 is 56.6. The van der Waals surface area contributed by atoms with E-state index in [9.17, 15) is 0 Å². The quantitative estimate of drug-likeness (QED) is 0.0449. The molecule has 8 bridgehead atoms. The number of benzene rings is 8. The Morgan fingerprint density at radius 1 is 0.239 bits per heavy atom. The van der Waals surface area contributed by atoms with E-state index in [0.717, 1.165) is 89.0 Å². The normalized spacial score (nSPS) is 14.9. The van der Waals surface area contributed by atoms with Gasteiger partial charge in [0, 0.05) is 90.4 Å². The van der Waals surface area contributed by atoms with Crippen molar-refractivity contribution in [3.8, 4) is 46.0 Å². The molecule has 0 saturated heterocycles. The predicted molar refractivity (Wildman–Crippen MR) is 360 cm³/mol. The van der Waals surface area contributed by atoms with Crippen LogP contribution in [-0.4, -0.2) is 52.9 Å². The first-order chi connectivity index (χ1) is 43.1. The van der Waals surface area contributed by atoms with Crippen molar-refractivity contribution in [2.45, 2.75) is 51.4 Å². The molecule has 0 heterocycles.